The fourth-order valence-corrected chi connectivity index (χ4v) is 3.70. The molecule has 0 aromatic heterocycles. The highest BCUT2D eigenvalue weighted by Gasteiger charge is 2.18. The topological polar surface area (TPSA) is 50.8 Å². The highest BCUT2D eigenvalue weighted by molar-refractivity contribution is 5.94. The number of rotatable bonds is 11. The number of hydrogen-bond donors (Lipinski definition) is 1. The number of ether oxygens (including phenoxy) is 2. The van der Waals surface area contributed by atoms with Gasteiger partial charge in [0.05, 0.1) is 20.3 Å². The van der Waals surface area contributed by atoms with E-state index < -0.39 is 0 Å². The number of carbonyl (C=O) groups is 1. The largest absolute Gasteiger partial charge is 0.493 e. The molecule has 0 saturated heterocycles. The van der Waals surface area contributed by atoms with Gasteiger partial charge in [-0.3, -0.25) is 9.69 Å². The third-order valence-corrected chi connectivity index (χ3v) is 5.39. The molecule has 1 amide bonds. The SMILES string of the molecule is CCOc1ccc(CN(CC)CC(=O)Nc2c(C(C)C)cccc2C(C)C)cc1OC. The van der Waals surface area contributed by atoms with Crippen LogP contribution in [0.15, 0.2) is 36.4 Å². The lowest BCUT2D eigenvalue weighted by Gasteiger charge is -2.23. The van der Waals surface area contributed by atoms with Crippen LogP contribution >= 0.6 is 0 Å². The first kappa shape index (κ1) is 24.7. The number of nitrogens with one attached hydrogen (secondary N) is 1. The maximum Gasteiger partial charge on any atom is 0.238 e. The summed E-state index contributed by atoms with van der Waals surface area (Å²) in [6, 6.07) is 12.2. The number of hydrogen-bond acceptors (Lipinski definition) is 4. The Morgan fingerprint density at radius 1 is 1.00 bits per heavy atom. The molecular weight excluding hydrogens is 388 g/mol. The Balaban J connectivity index is 2.14. The van der Waals surface area contributed by atoms with Crippen molar-refractivity contribution in [3.63, 3.8) is 0 Å². The van der Waals surface area contributed by atoms with Gasteiger partial charge in [-0.25, -0.2) is 0 Å². The molecule has 0 aliphatic carbocycles. The van der Waals surface area contributed by atoms with Crippen molar-refractivity contribution < 1.29 is 14.3 Å². The predicted octanol–water partition coefficient (Wildman–Crippen LogP) is 5.80. The minimum Gasteiger partial charge on any atom is -0.493 e. The number of amides is 1. The van der Waals surface area contributed by atoms with E-state index in [0.29, 0.717) is 37.3 Å². The Kier molecular flexibility index (Phi) is 9.38. The Morgan fingerprint density at radius 3 is 2.16 bits per heavy atom. The van der Waals surface area contributed by atoms with Gasteiger partial charge >= 0.3 is 0 Å². The Hall–Kier alpha value is -2.53. The molecule has 0 fully saturated rings. The van der Waals surface area contributed by atoms with Gasteiger partial charge in [0.2, 0.25) is 5.91 Å². The Labute approximate surface area is 187 Å². The fraction of sp³-hybridized carbons (Fsp3) is 0.500. The first-order valence-electron chi connectivity index (χ1n) is 11.2. The second-order valence-electron chi connectivity index (χ2n) is 8.39. The summed E-state index contributed by atoms with van der Waals surface area (Å²) in [6.07, 6.45) is 0. The van der Waals surface area contributed by atoms with E-state index in [-0.39, 0.29) is 5.91 Å². The molecule has 0 aliphatic heterocycles. The van der Waals surface area contributed by atoms with Crippen LogP contribution in [0.25, 0.3) is 0 Å². The van der Waals surface area contributed by atoms with Crippen LogP contribution in [0.1, 0.15) is 70.1 Å². The van der Waals surface area contributed by atoms with Crippen molar-refractivity contribution in [3.8, 4) is 11.5 Å². The number of nitrogens with zero attached hydrogens (tertiary/aromatic N) is 1. The zero-order valence-electron chi connectivity index (χ0n) is 20.1. The maximum atomic E-state index is 13.0. The van der Waals surface area contributed by atoms with E-state index in [1.807, 2.05) is 25.1 Å². The lowest BCUT2D eigenvalue weighted by Crippen LogP contribution is -2.33. The number of anilines is 1. The maximum absolute atomic E-state index is 13.0. The summed E-state index contributed by atoms with van der Waals surface area (Å²) in [5.41, 5.74) is 4.41. The van der Waals surface area contributed by atoms with Crippen LogP contribution in [0.3, 0.4) is 0 Å². The molecule has 0 heterocycles. The van der Waals surface area contributed by atoms with Crippen molar-refractivity contribution in [3.05, 3.63) is 53.1 Å². The fourth-order valence-electron chi connectivity index (χ4n) is 3.70. The van der Waals surface area contributed by atoms with Gasteiger partial charge in [0.1, 0.15) is 0 Å². The van der Waals surface area contributed by atoms with Crippen LogP contribution in [0.5, 0.6) is 11.5 Å². The zero-order chi connectivity index (χ0) is 23.0. The molecule has 0 unspecified atom stereocenters. The molecular formula is C26H38N2O3. The highest BCUT2D eigenvalue weighted by Crippen LogP contribution is 2.32. The average molecular weight is 427 g/mol. The molecule has 0 atom stereocenters. The van der Waals surface area contributed by atoms with Gasteiger partial charge in [0.15, 0.2) is 11.5 Å². The zero-order valence-corrected chi connectivity index (χ0v) is 20.1. The summed E-state index contributed by atoms with van der Waals surface area (Å²) >= 11 is 0. The van der Waals surface area contributed by atoms with Gasteiger partial charge < -0.3 is 14.8 Å². The second kappa shape index (κ2) is 11.8. The first-order valence-corrected chi connectivity index (χ1v) is 11.2. The lowest BCUT2D eigenvalue weighted by atomic mass is 9.92. The number of benzene rings is 2. The van der Waals surface area contributed by atoms with Crippen molar-refractivity contribution in [2.75, 3.05) is 32.1 Å². The van der Waals surface area contributed by atoms with Crippen LogP contribution in [-0.4, -0.2) is 37.6 Å². The number of para-hydroxylation sites is 1. The minimum absolute atomic E-state index is 0.00903. The van der Waals surface area contributed by atoms with Crippen LogP contribution in [0.2, 0.25) is 0 Å². The van der Waals surface area contributed by atoms with Crippen LogP contribution < -0.4 is 14.8 Å². The van der Waals surface area contributed by atoms with Gasteiger partial charge in [-0.2, -0.15) is 0 Å². The molecule has 2 rings (SSSR count). The number of likely N-dealkylation sites (N-methyl/N-ethyl adjacent to an activating group) is 1. The van der Waals surface area contributed by atoms with Gasteiger partial charge in [-0.15, -0.1) is 0 Å². The molecule has 0 radical (unpaired) electrons. The van der Waals surface area contributed by atoms with Crippen LogP contribution in [-0.2, 0) is 11.3 Å². The molecule has 5 heteroatoms. The quantitative estimate of drug-likeness (QED) is 0.493. The monoisotopic (exact) mass is 426 g/mol. The minimum atomic E-state index is 0.00903. The highest BCUT2D eigenvalue weighted by atomic mass is 16.5. The van der Waals surface area contributed by atoms with Gasteiger partial charge in [-0.05, 0) is 54.1 Å². The molecule has 31 heavy (non-hydrogen) atoms. The lowest BCUT2D eigenvalue weighted by molar-refractivity contribution is -0.117. The van der Waals surface area contributed by atoms with Crippen molar-refractivity contribution in [1.29, 1.82) is 0 Å². The summed E-state index contributed by atoms with van der Waals surface area (Å²) in [4.78, 5) is 15.1. The Morgan fingerprint density at radius 2 is 1.65 bits per heavy atom. The molecule has 0 spiro atoms. The molecule has 2 aromatic rings. The van der Waals surface area contributed by atoms with E-state index in [9.17, 15) is 4.79 Å². The number of carbonyl (C=O) groups excluding carboxylic acids is 1. The summed E-state index contributed by atoms with van der Waals surface area (Å²) in [5, 5.41) is 3.22. The van der Waals surface area contributed by atoms with Crippen LogP contribution in [0.4, 0.5) is 5.69 Å². The van der Waals surface area contributed by atoms with Gasteiger partial charge in [-0.1, -0.05) is 58.9 Å². The molecule has 0 saturated carbocycles. The van der Waals surface area contributed by atoms with Crippen molar-refractivity contribution >= 4 is 11.6 Å². The van der Waals surface area contributed by atoms with E-state index in [0.717, 1.165) is 23.5 Å². The smallest absolute Gasteiger partial charge is 0.238 e. The summed E-state index contributed by atoms with van der Waals surface area (Å²) < 4.78 is 11.1. The van der Waals surface area contributed by atoms with E-state index in [4.69, 9.17) is 9.47 Å². The second-order valence-corrected chi connectivity index (χ2v) is 8.39. The molecule has 2 aromatic carbocycles. The summed E-state index contributed by atoms with van der Waals surface area (Å²) in [6.45, 7) is 15.0. The third-order valence-electron chi connectivity index (χ3n) is 5.39. The van der Waals surface area contributed by atoms with Crippen LogP contribution in [0, 0.1) is 0 Å². The molecule has 0 aliphatic rings. The summed E-state index contributed by atoms with van der Waals surface area (Å²) in [5.74, 6) is 2.14. The summed E-state index contributed by atoms with van der Waals surface area (Å²) in [7, 11) is 1.64. The normalized spacial score (nSPS) is 11.3. The third kappa shape index (κ3) is 6.73. The average Bonchev–Trinajstić information content (AvgIpc) is 2.74. The van der Waals surface area contributed by atoms with Gasteiger partial charge in [0.25, 0.3) is 0 Å². The van der Waals surface area contributed by atoms with Gasteiger partial charge in [0, 0.05) is 12.2 Å². The standard InChI is InChI=1S/C26H38N2O3/c1-8-28(16-20-13-14-23(31-9-2)24(15-20)30-7)17-25(29)27-26-21(18(3)4)11-10-12-22(26)19(5)6/h10-15,18-19H,8-9,16-17H2,1-7H3,(H,27,29). The molecule has 1 N–H and O–H groups in total. The van der Waals surface area contributed by atoms with E-state index in [1.54, 1.807) is 7.11 Å². The Bertz CT molecular complexity index is 835. The van der Waals surface area contributed by atoms with Crippen molar-refractivity contribution in [1.82, 2.24) is 4.90 Å². The molecule has 170 valence electrons. The number of methoxy groups -OCH3 is 1. The molecule has 5 nitrogen and oxygen atoms in total. The van der Waals surface area contributed by atoms with Crippen molar-refractivity contribution in [2.45, 2.75) is 59.9 Å². The van der Waals surface area contributed by atoms with E-state index >= 15 is 0 Å². The van der Waals surface area contributed by atoms with E-state index in [1.165, 1.54) is 11.1 Å². The first-order chi connectivity index (χ1) is 14.8. The molecule has 0 bridgehead atoms. The van der Waals surface area contributed by atoms with E-state index in [2.05, 4.69) is 63.0 Å². The predicted molar refractivity (Wildman–Crippen MR) is 128 cm³/mol. The van der Waals surface area contributed by atoms with Crippen molar-refractivity contribution in [2.24, 2.45) is 0 Å².